The van der Waals surface area contributed by atoms with Crippen molar-refractivity contribution in [1.29, 1.82) is 0 Å². The van der Waals surface area contributed by atoms with Gasteiger partial charge in [0.25, 0.3) is 0 Å². The quantitative estimate of drug-likeness (QED) is 0.654. The largest absolute Gasteiger partial charge is 0.493 e. The average Bonchev–Trinajstić information content (AvgIpc) is 2.66. The van der Waals surface area contributed by atoms with Gasteiger partial charge in [0.1, 0.15) is 0 Å². The van der Waals surface area contributed by atoms with Crippen LogP contribution < -0.4 is 24.8 Å². The second kappa shape index (κ2) is 9.33. The third-order valence-electron chi connectivity index (χ3n) is 3.76. The fourth-order valence-corrected chi connectivity index (χ4v) is 2.54. The molecule has 0 bridgehead atoms. The van der Waals surface area contributed by atoms with Crippen LogP contribution in [0.1, 0.15) is 12.0 Å². The fraction of sp³-hybridized carbons (Fsp3) is 0.263. The molecule has 8 nitrogen and oxygen atoms in total. The highest BCUT2D eigenvalue weighted by Gasteiger charge is 2.17. The van der Waals surface area contributed by atoms with Crippen LogP contribution in [0.15, 0.2) is 36.4 Å². The summed E-state index contributed by atoms with van der Waals surface area (Å²) in [7, 11) is 4.45. The summed E-state index contributed by atoms with van der Waals surface area (Å²) >= 11 is 0. The molecule has 0 aliphatic heterocycles. The maximum atomic E-state index is 12.3. The van der Waals surface area contributed by atoms with Gasteiger partial charge < -0.3 is 30.0 Å². The Balaban J connectivity index is 2.12. The molecule has 0 aromatic heterocycles. The first-order chi connectivity index (χ1) is 13.0. The summed E-state index contributed by atoms with van der Waals surface area (Å²) in [6, 6.07) is 9.83. The highest BCUT2D eigenvalue weighted by Crippen LogP contribution is 2.42. The molecule has 0 spiro atoms. The number of carbonyl (C=O) groups is 2. The Labute approximate surface area is 157 Å². The second-order valence-electron chi connectivity index (χ2n) is 5.56. The van der Waals surface area contributed by atoms with E-state index in [1.807, 2.05) is 6.07 Å². The highest BCUT2D eigenvalue weighted by atomic mass is 16.5. The van der Waals surface area contributed by atoms with E-state index in [1.54, 1.807) is 30.3 Å². The van der Waals surface area contributed by atoms with Crippen LogP contribution in [0.4, 0.5) is 16.2 Å². The van der Waals surface area contributed by atoms with Crippen molar-refractivity contribution in [3.05, 3.63) is 42.0 Å². The second-order valence-corrected chi connectivity index (χ2v) is 5.56. The van der Waals surface area contributed by atoms with Crippen LogP contribution in [0.3, 0.4) is 0 Å². The number of methoxy groups -OCH3 is 3. The van der Waals surface area contributed by atoms with Crippen molar-refractivity contribution in [3.8, 4) is 17.2 Å². The molecule has 0 aliphatic rings. The number of aliphatic carboxylic acids is 1. The zero-order chi connectivity index (χ0) is 19.8. The Morgan fingerprint density at radius 2 is 1.70 bits per heavy atom. The van der Waals surface area contributed by atoms with E-state index in [0.717, 1.165) is 5.56 Å². The molecule has 2 aromatic carbocycles. The molecule has 0 heterocycles. The van der Waals surface area contributed by atoms with Gasteiger partial charge in [0.15, 0.2) is 11.5 Å². The molecule has 27 heavy (non-hydrogen) atoms. The highest BCUT2D eigenvalue weighted by molar-refractivity contribution is 6.01. The lowest BCUT2D eigenvalue weighted by molar-refractivity contribution is -0.136. The molecule has 0 saturated heterocycles. The lowest BCUT2D eigenvalue weighted by Crippen LogP contribution is -2.20. The van der Waals surface area contributed by atoms with E-state index in [1.165, 1.54) is 21.3 Å². The normalized spacial score (nSPS) is 10.0. The molecule has 0 aliphatic carbocycles. The summed E-state index contributed by atoms with van der Waals surface area (Å²) in [5, 5.41) is 14.2. The summed E-state index contributed by atoms with van der Waals surface area (Å²) in [5.74, 6) is 0.314. The number of rotatable bonds is 8. The molecule has 2 rings (SSSR count). The molecule has 0 fully saturated rings. The predicted molar refractivity (Wildman–Crippen MR) is 101 cm³/mol. The molecule has 2 amide bonds. The van der Waals surface area contributed by atoms with E-state index in [4.69, 9.17) is 19.3 Å². The molecule has 0 radical (unpaired) electrons. The standard InChI is InChI=1S/C19H22N2O6/c1-25-15-9-8-14(17(26-2)18(15)27-3)21-19(24)20-13-6-4-5-12(11-13)7-10-16(22)23/h4-6,8-9,11H,7,10H2,1-3H3,(H,22,23)(H2,20,21,24). The monoisotopic (exact) mass is 374 g/mol. The van der Waals surface area contributed by atoms with Crippen molar-refractivity contribution in [2.45, 2.75) is 12.8 Å². The minimum atomic E-state index is -0.869. The zero-order valence-corrected chi connectivity index (χ0v) is 15.4. The van der Waals surface area contributed by atoms with Gasteiger partial charge in [-0.1, -0.05) is 12.1 Å². The zero-order valence-electron chi connectivity index (χ0n) is 15.4. The van der Waals surface area contributed by atoms with E-state index in [9.17, 15) is 9.59 Å². The number of nitrogens with one attached hydrogen (secondary N) is 2. The number of amides is 2. The van der Waals surface area contributed by atoms with Crippen molar-refractivity contribution in [3.63, 3.8) is 0 Å². The Hall–Kier alpha value is -3.42. The number of benzene rings is 2. The fourth-order valence-electron chi connectivity index (χ4n) is 2.54. The van der Waals surface area contributed by atoms with Crippen molar-refractivity contribution < 1.29 is 28.9 Å². The average molecular weight is 374 g/mol. The molecule has 8 heteroatoms. The number of carboxylic acid groups (broad SMARTS) is 1. The summed E-state index contributed by atoms with van der Waals surface area (Å²) < 4.78 is 15.8. The Morgan fingerprint density at radius 1 is 0.963 bits per heavy atom. The van der Waals surface area contributed by atoms with E-state index in [0.29, 0.717) is 35.0 Å². The minimum absolute atomic E-state index is 0.0263. The number of aryl methyl sites for hydroxylation is 1. The lowest BCUT2D eigenvalue weighted by Gasteiger charge is -2.16. The van der Waals surface area contributed by atoms with Gasteiger partial charge in [-0.3, -0.25) is 4.79 Å². The van der Waals surface area contributed by atoms with Crippen molar-refractivity contribution >= 4 is 23.4 Å². The maximum absolute atomic E-state index is 12.3. The Kier molecular flexibility index (Phi) is 6.87. The minimum Gasteiger partial charge on any atom is -0.493 e. The first kappa shape index (κ1) is 19.9. The van der Waals surface area contributed by atoms with Crippen LogP contribution >= 0.6 is 0 Å². The molecule has 2 aromatic rings. The molecule has 0 atom stereocenters. The number of hydrogen-bond acceptors (Lipinski definition) is 5. The van der Waals surface area contributed by atoms with Gasteiger partial charge in [0.2, 0.25) is 5.75 Å². The SMILES string of the molecule is COc1ccc(NC(=O)Nc2cccc(CCC(=O)O)c2)c(OC)c1OC. The summed E-state index contributed by atoms with van der Waals surface area (Å²) in [4.78, 5) is 23.0. The molecular weight excluding hydrogens is 352 g/mol. The number of carboxylic acids is 1. The third kappa shape index (κ3) is 5.27. The molecule has 0 unspecified atom stereocenters. The molecule has 0 saturated carbocycles. The van der Waals surface area contributed by atoms with E-state index in [-0.39, 0.29) is 6.42 Å². The van der Waals surface area contributed by atoms with Crippen LogP contribution in [0, 0.1) is 0 Å². The van der Waals surface area contributed by atoms with Gasteiger partial charge in [0, 0.05) is 12.1 Å². The number of carbonyl (C=O) groups excluding carboxylic acids is 1. The van der Waals surface area contributed by atoms with Crippen molar-refractivity contribution in [2.24, 2.45) is 0 Å². The van der Waals surface area contributed by atoms with E-state index in [2.05, 4.69) is 10.6 Å². The van der Waals surface area contributed by atoms with Gasteiger partial charge in [0.05, 0.1) is 27.0 Å². The van der Waals surface area contributed by atoms with Crippen LogP contribution in [-0.4, -0.2) is 38.4 Å². The molecule has 144 valence electrons. The van der Waals surface area contributed by atoms with Gasteiger partial charge in [-0.2, -0.15) is 0 Å². The van der Waals surface area contributed by atoms with Crippen molar-refractivity contribution in [2.75, 3.05) is 32.0 Å². The summed E-state index contributed by atoms with van der Waals surface area (Å²) in [6.45, 7) is 0. The number of ether oxygens (including phenoxy) is 3. The smallest absolute Gasteiger partial charge is 0.323 e. The van der Waals surface area contributed by atoms with Crippen LogP contribution in [-0.2, 0) is 11.2 Å². The van der Waals surface area contributed by atoms with Crippen molar-refractivity contribution in [1.82, 2.24) is 0 Å². The predicted octanol–water partition coefficient (Wildman–Crippen LogP) is 3.37. The molecule has 3 N–H and O–H groups in total. The van der Waals surface area contributed by atoms with Gasteiger partial charge in [-0.05, 0) is 36.2 Å². The number of anilines is 2. The van der Waals surface area contributed by atoms with Gasteiger partial charge in [-0.15, -0.1) is 0 Å². The topological polar surface area (TPSA) is 106 Å². The Bertz CT molecular complexity index is 822. The van der Waals surface area contributed by atoms with Crippen LogP contribution in [0.5, 0.6) is 17.2 Å². The van der Waals surface area contributed by atoms with Gasteiger partial charge >= 0.3 is 12.0 Å². The summed E-state index contributed by atoms with van der Waals surface area (Å²) in [5.41, 5.74) is 1.78. The first-order valence-electron chi connectivity index (χ1n) is 8.16. The maximum Gasteiger partial charge on any atom is 0.323 e. The summed E-state index contributed by atoms with van der Waals surface area (Å²) in [6.07, 6.45) is 0.411. The van der Waals surface area contributed by atoms with E-state index < -0.39 is 12.0 Å². The lowest BCUT2D eigenvalue weighted by atomic mass is 10.1. The van der Waals surface area contributed by atoms with Gasteiger partial charge in [-0.25, -0.2) is 4.79 Å². The first-order valence-corrected chi connectivity index (χ1v) is 8.16. The molecular formula is C19H22N2O6. The number of hydrogen-bond donors (Lipinski definition) is 3. The van der Waals surface area contributed by atoms with E-state index >= 15 is 0 Å². The van der Waals surface area contributed by atoms with Crippen LogP contribution in [0.2, 0.25) is 0 Å². The third-order valence-corrected chi connectivity index (χ3v) is 3.76. The number of urea groups is 1. The Morgan fingerprint density at radius 3 is 2.33 bits per heavy atom. The van der Waals surface area contributed by atoms with Crippen LogP contribution in [0.25, 0.3) is 0 Å².